The lowest BCUT2D eigenvalue weighted by Gasteiger charge is -2.34. The molecule has 1 fully saturated rings. The fraction of sp³-hybridized carbons (Fsp3) is 0.500. The molecule has 0 amide bonds. The summed E-state index contributed by atoms with van der Waals surface area (Å²) in [6.07, 6.45) is 5.51. The van der Waals surface area contributed by atoms with Crippen LogP contribution in [0.3, 0.4) is 0 Å². The highest BCUT2D eigenvalue weighted by atomic mass is 32.1. The number of fused-ring (bicyclic) bond motifs is 1. The van der Waals surface area contributed by atoms with Gasteiger partial charge in [0, 0.05) is 5.54 Å². The van der Waals surface area contributed by atoms with Crippen LogP contribution in [0.5, 0.6) is 5.75 Å². The van der Waals surface area contributed by atoms with Crippen molar-refractivity contribution >= 4 is 21.6 Å². The average molecular weight is 279 g/mol. The monoisotopic (exact) mass is 279 g/mol. The number of ether oxygens (including phenoxy) is 1. The second-order valence-corrected chi connectivity index (χ2v) is 6.15. The fourth-order valence-electron chi connectivity index (χ4n) is 2.86. The molecule has 1 heterocycles. The molecule has 5 heteroatoms. The third kappa shape index (κ3) is 2.17. The number of hydrogen-bond donors (Lipinski definition) is 1. The lowest BCUT2D eigenvalue weighted by atomic mass is 9.77. The van der Waals surface area contributed by atoms with E-state index in [1.165, 1.54) is 6.42 Å². The Labute approximate surface area is 115 Å². The van der Waals surface area contributed by atoms with Crippen molar-refractivity contribution in [1.29, 1.82) is 0 Å². The van der Waals surface area contributed by atoms with Crippen LogP contribution < -0.4 is 15.4 Å². The molecule has 1 aliphatic carbocycles. The highest BCUT2D eigenvalue weighted by Gasteiger charge is 2.30. The van der Waals surface area contributed by atoms with Gasteiger partial charge in [0.15, 0.2) is 11.3 Å². The Morgan fingerprint density at radius 3 is 2.74 bits per heavy atom. The molecule has 0 spiro atoms. The van der Waals surface area contributed by atoms with Crippen LogP contribution in [-0.4, -0.2) is 7.11 Å². The molecule has 0 radical (unpaired) electrons. The first-order chi connectivity index (χ1) is 9.12. The molecule has 1 aliphatic rings. The predicted octanol–water partition coefficient (Wildman–Crippen LogP) is 2.98. The Morgan fingerprint density at radius 2 is 2.05 bits per heavy atom. The Bertz CT molecular complexity index is 652. The van der Waals surface area contributed by atoms with Crippen molar-refractivity contribution in [2.24, 2.45) is 5.73 Å². The summed E-state index contributed by atoms with van der Waals surface area (Å²) in [4.78, 5) is 11.1. The minimum Gasteiger partial charge on any atom is -0.493 e. The largest absolute Gasteiger partial charge is 0.493 e. The van der Waals surface area contributed by atoms with Gasteiger partial charge in [-0.3, -0.25) is 0 Å². The molecule has 102 valence electrons. The Hall–Kier alpha value is -1.33. The average Bonchev–Trinajstić information content (AvgIpc) is 2.78. The van der Waals surface area contributed by atoms with Gasteiger partial charge in [-0.1, -0.05) is 30.6 Å². The normalized spacial score (nSPS) is 18.6. The molecular weight excluding hydrogens is 262 g/mol. The van der Waals surface area contributed by atoms with Crippen LogP contribution >= 0.6 is 11.3 Å². The number of rotatable bonds is 2. The molecule has 1 aromatic carbocycles. The van der Waals surface area contributed by atoms with Gasteiger partial charge >= 0.3 is 4.94 Å². The standard InChI is InChI=1S/C14H17NO3S/c1-17-10-7-9(14(15)5-3-2-4-6-14)8-11-12(10)18-13(16)19-11/h7-8H,2-6,15H2,1H3. The Kier molecular flexibility index (Phi) is 3.11. The molecular formula is C14H17NO3S. The van der Waals surface area contributed by atoms with Gasteiger partial charge in [-0.05, 0) is 30.5 Å². The first-order valence-corrected chi connectivity index (χ1v) is 7.35. The van der Waals surface area contributed by atoms with Crippen LogP contribution in [0, 0.1) is 0 Å². The van der Waals surface area contributed by atoms with Gasteiger partial charge in [-0.2, -0.15) is 0 Å². The highest BCUT2D eigenvalue weighted by Crippen LogP contribution is 2.39. The smallest absolute Gasteiger partial charge is 0.396 e. The van der Waals surface area contributed by atoms with E-state index in [4.69, 9.17) is 14.9 Å². The van der Waals surface area contributed by atoms with Crippen LogP contribution in [0.2, 0.25) is 0 Å². The summed E-state index contributed by atoms with van der Waals surface area (Å²) in [5, 5.41) is 0. The topological polar surface area (TPSA) is 65.5 Å². The van der Waals surface area contributed by atoms with Gasteiger partial charge in [0.25, 0.3) is 0 Å². The van der Waals surface area contributed by atoms with Gasteiger partial charge in [-0.15, -0.1) is 0 Å². The summed E-state index contributed by atoms with van der Waals surface area (Å²) in [6.45, 7) is 0. The van der Waals surface area contributed by atoms with Crippen LogP contribution in [0.25, 0.3) is 10.3 Å². The molecule has 3 rings (SSSR count). The summed E-state index contributed by atoms with van der Waals surface area (Å²) in [6, 6.07) is 3.90. The van der Waals surface area contributed by atoms with E-state index in [0.717, 1.165) is 47.3 Å². The Morgan fingerprint density at radius 1 is 1.32 bits per heavy atom. The van der Waals surface area contributed by atoms with Crippen LogP contribution in [0.15, 0.2) is 21.3 Å². The van der Waals surface area contributed by atoms with Crippen molar-refractivity contribution in [3.05, 3.63) is 27.4 Å². The molecule has 4 nitrogen and oxygen atoms in total. The van der Waals surface area contributed by atoms with Crippen molar-refractivity contribution in [1.82, 2.24) is 0 Å². The second-order valence-electron chi connectivity index (χ2n) is 5.18. The van der Waals surface area contributed by atoms with Crippen LogP contribution in [0.1, 0.15) is 37.7 Å². The maximum Gasteiger partial charge on any atom is 0.396 e. The van der Waals surface area contributed by atoms with Crippen molar-refractivity contribution < 1.29 is 9.15 Å². The predicted molar refractivity (Wildman–Crippen MR) is 75.9 cm³/mol. The summed E-state index contributed by atoms with van der Waals surface area (Å²) in [5.74, 6) is 0.598. The first-order valence-electron chi connectivity index (χ1n) is 6.53. The van der Waals surface area contributed by atoms with Gasteiger partial charge in [0.1, 0.15) is 0 Å². The van der Waals surface area contributed by atoms with E-state index in [-0.39, 0.29) is 10.5 Å². The highest BCUT2D eigenvalue weighted by molar-refractivity contribution is 7.16. The van der Waals surface area contributed by atoms with Gasteiger partial charge < -0.3 is 14.9 Å². The molecule has 19 heavy (non-hydrogen) atoms. The van der Waals surface area contributed by atoms with Gasteiger partial charge in [0.2, 0.25) is 0 Å². The van der Waals surface area contributed by atoms with Crippen molar-refractivity contribution in [2.75, 3.05) is 7.11 Å². The zero-order chi connectivity index (χ0) is 13.5. The summed E-state index contributed by atoms with van der Waals surface area (Å²) < 4.78 is 11.3. The van der Waals surface area contributed by atoms with E-state index in [2.05, 4.69) is 0 Å². The second kappa shape index (κ2) is 4.65. The van der Waals surface area contributed by atoms with Crippen molar-refractivity contribution in [3.8, 4) is 5.75 Å². The zero-order valence-corrected chi connectivity index (χ0v) is 11.7. The number of nitrogens with two attached hydrogens (primary N) is 1. The van der Waals surface area contributed by atoms with Gasteiger partial charge in [-0.25, -0.2) is 4.79 Å². The lowest BCUT2D eigenvalue weighted by molar-refractivity contribution is 0.301. The molecule has 0 atom stereocenters. The number of hydrogen-bond acceptors (Lipinski definition) is 5. The van der Waals surface area contributed by atoms with E-state index < -0.39 is 0 Å². The van der Waals surface area contributed by atoms with Crippen LogP contribution in [-0.2, 0) is 5.54 Å². The molecule has 2 aromatic rings. The van der Waals surface area contributed by atoms with E-state index in [0.29, 0.717) is 11.3 Å². The fourth-order valence-corrected chi connectivity index (χ4v) is 3.58. The number of benzene rings is 1. The quantitative estimate of drug-likeness (QED) is 0.917. The lowest BCUT2D eigenvalue weighted by Crippen LogP contribution is -2.38. The summed E-state index contributed by atoms with van der Waals surface area (Å²) >= 11 is 1.10. The van der Waals surface area contributed by atoms with E-state index >= 15 is 0 Å². The van der Waals surface area contributed by atoms with Crippen LogP contribution in [0.4, 0.5) is 0 Å². The molecule has 2 N–H and O–H groups in total. The first kappa shape index (κ1) is 12.7. The SMILES string of the molecule is COc1cc(C2(N)CCCCC2)cc2sc(=O)oc12. The minimum absolute atomic E-state index is 0.299. The minimum atomic E-state index is -0.305. The van der Waals surface area contributed by atoms with E-state index in [1.807, 2.05) is 12.1 Å². The van der Waals surface area contributed by atoms with E-state index in [9.17, 15) is 4.79 Å². The molecule has 0 bridgehead atoms. The summed E-state index contributed by atoms with van der Waals surface area (Å²) in [7, 11) is 1.58. The Balaban J connectivity index is 2.16. The molecule has 0 aliphatic heterocycles. The van der Waals surface area contributed by atoms with Crippen molar-refractivity contribution in [2.45, 2.75) is 37.6 Å². The zero-order valence-electron chi connectivity index (χ0n) is 10.9. The van der Waals surface area contributed by atoms with Crippen molar-refractivity contribution in [3.63, 3.8) is 0 Å². The number of methoxy groups -OCH3 is 1. The third-order valence-electron chi connectivity index (χ3n) is 3.94. The molecule has 0 saturated heterocycles. The maximum absolute atomic E-state index is 11.4. The molecule has 0 unspecified atom stereocenters. The van der Waals surface area contributed by atoms with Gasteiger partial charge in [0.05, 0.1) is 11.8 Å². The van der Waals surface area contributed by atoms with E-state index in [1.54, 1.807) is 7.11 Å². The third-order valence-corrected chi connectivity index (χ3v) is 4.71. The molecule has 1 saturated carbocycles. The summed E-state index contributed by atoms with van der Waals surface area (Å²) in [5.41, 5.74) is 7.82. The maximum atomic E-state index is 11.4. The molecule has 1 aromatic heterocycles.